The number of rotatable bonds is 5. The summed E-state index contributed by atoms with van der Waals surface area (Å²) >= 11 is 7.19. The molecule has 134 valence electrons. The van der Waals surface area contributed by atoms with E-state index in [4.69, 9.17) is 21.7 Å². The summed E-state index contributed by atoms with van der Waals surface area (Å²) < 4.78 is 10.3. The topological polar surface area (TPSA) is 71.0 Å². The normalized spacial score (nSPS) is 22.2. The van der Waals surface area contributed by atoms with Gasteiger partial charge in [-0.25, -0.2) is 0 Å². The van der Waals surface area contributed by atoms with Gasteiger partial charge in [0.15, 0.2) is 0 Å². The summed E-state index contributed by atoms with van der Waals surface area (Å²) in [6, 6.07) is 0.118. The standard InChI is InChI=1S/C15H27IN2O4S/c1-10(16)12(19)21-6-7-22-13(23)17-11-8-14(2,3)18(20)15(4,5)9-11/h10-11,20H,6-9H2,1-5H3,(H,17,23). The smallest absolute Gasteiger partial charge is 0.318 e. The van der Waals surface area contributed by atoms with Crippen LogP contribution in [0.2, 0.25) is 0 Å². The van der Waals surface area contributed by atoms with Crippen LogP contribution in [0.1, 0.15) is 47.5 Å². The second-order valence-electron chi connectivity index (χ2n) is 7.11. The predicted octanol–water partition coefficient (Wildman–Crippen LogP) is 2.66. The molecule has 1 rings (SSSR count). The van der Waals surface area contributed by atoms with Gasteiger partial charge in [-0.2, -0.15) is 5.06 Å². The molecule has 1 atom stereocenters. The van der Waals surface area contributed by atoms with Gasteiger partial charge in [0.1, 0.15) is 17.1 Å². The number of nitrogens with one attached hydrogen (secondary N) is 1. The molecule has 1 aliphatic heterocycles. The van der Waals surface area contributed by atoms with Crippen LogP contribution >= 0.6 is 34.8 Å². The highest BCUT2D eigenvalue weighted by atomic mass is 127. The molecule has 1 heterocycles. The summed E-state index contributed by atoms with van der Waals surface area (Å²) in [6.45, 7) is 10.2. The van der Waals surface area contributed by atoms with E-state index in [-0.39, 0.29) is 40.2 Å². The third-order valence-electron chi connectivity index (χ3n) is 3.85. The lowest BCUT2D eigenvalue weighted by Crippen LogP contribution is -2.62. The number of thiocarbonyl (C=S) groups is 1. The van der Waals surface area contributed by atoms with E-state index in [1.807, 2.05) is 50.3 Å². The minimum Gasteiger partial charge on any atom is -0.467 e. The van der Waals surface area contributed by atoms with E-state index in [0.717, 1.165) is 12.8 Å². The van der Waals surface area contributed by atoms with Gasteiger partial charge in [-0.05, 0) is 59.7 Å². The van der Waals surface area contributed by atoms with E-state index in [2.05, 4.69) is 5.32 Å². The lowest BCUT2D eigenvalue weighted by molar-refractivity contribution is -0.245. The summed E-state index contributed by atoms with van der Waals surface area (Å²) in [4.78, 5) is 11.3. The van der Waals surface area contributed by atoms with Crippen LogP contribution in [0.3, 0.4) is 0 Å². The first kappa shape index (κ1) is 20.9. The molecule has 1 saturated heterocycles. The molecule has 8 heteroatoms. The molecule has 0 aromatic rings. The molecule has 1 fully saturated rings. The number of hydrogen-bond donors (Lipinski definition) is 2. The van der Waals surface area contributed by atoms with Crippen LogP contribution in [0.5, 0.6) is 0 Å². The van der Waals surface area contributed by atoms with E-state index in [9.17, 15) is 10.0 Å². The number of hydroxylamine groups is 2. The maximum atomic E-state index is 11.3. The van der Waals surface area contributed by atoms with E-state index in [1.54, 1.807) is 6.92 Å². The third kappa shape index (κ3) is 6.32. The van der Waals surface area contributed by atoms with Gasteiger partial charge in [0.05, 0.1) is 0 Å². The van der Waals surface area contributed by atoms with Crippen LogP contribution in [0.25, 0.3) is 0 Å². The van der Waals surface area contributed by atoms with Crippen molar-refractivity contribution in [2.75, 3.05) is 13.2 Å². The average molecular weight is 458 g/mol. The van der Waals surface area contributed by atoms with Crippen molar-refractivity contribution in [3.05, 3.63) is 0 Å². The number of alkyl halides is 1. The predicted molar refractivity (Wildman–Crippen MR) is 101 cm³/mol. The van der Waals surface area contributed by atoms with E-state index < -0.39 is 0 Å². The zero-order chi connectivity index (χ0) is 17.8. The van der Waals surface area contributed by atoms with Crippen molar-refractivity contribution in [1.82, 2.24) is 10.4 Å². The Labute approximate surface area is 157 Å². The molecule has 2 N–H and O–H groups in total. The Balaban J connectivity index is 2.38. The second-order valence-corrected chi connectivity index (χ2v) is 9.34. The molecule has 1 unspecified atom stereocenters. The molecule has 0 spiro atoms. The van der Waals surface area contributed by atoms with Crippen LogP contribution in [-0.4, -0.2) is 55.7 Å². The van der Waals surface area contributed by atoms with E-state index >= 15 is 0 Å². The van der Waals surface area contributed by atoms with Crippen LogP contribution in [0, 0.1) is 0 Å². The maximum absolute atomic E-state index is 11.3. The van der Waals surface area contributed by atoms with Gasteiger partial charge in [-0.15, -0.1) is 0 Å². The van der Waals surface area contributed by atoms with Crippen LogP contribution in [-0.2, 0) is 14.3 Å². The molecular formula is C15H27IN2O4S. The maximum Gasteiger partial charge on any atom is 0.318 e. The van der Waals surface area contributed by atoms with Crippen LogP contribution in [0.4, 0.5) is 0 Å². The highest BCUT2D eigenvalue weighted by molar-refractivity contribution is 14.1. The Kier molecular flexibility index (Phi) is 7.49. The Morgan fingerprint density at radius 3 is 2.26 bits per heavy atom. The largest absolute Gasteiger partial charge is 0.467 e. The number of halogens is 1. The number of nitrogens with zero attached hydrogens (tertiary/aromatic N) is 1. The molecule has 0 saturated carbocycles. The fourth-order valence-corrected chi connectivity index (χ4v) is 3.40. The Morgan fingerprint density at radius 2 is 1.78 bits per heavy atom. The van der Waals surface area contributed by atoms with Crippen molar-refractivity contribution in [2.24, 2.45) is 0 Å². The summed E-state index contributed by atoms with van der Waals surface area (Å²) in [6.07, 6.45) is 1.50. The molecule has 6 nitrogen and oxygen atoms in total. The van der Waals surface area contributed by atoms with Crippen molar-refractivity contribution in [1.29, 1.82) is 0 Å². The summed E-state index contributed by atoms with van der Waals surface area (Å²) in [5, 5.41) is 15.2. The van der Waals surface area contributed by atoms with Crippen molar-refractivity contribution >= 4 is 46.0 Å². The van der Waals surface area contributed by atoms with E-state index in [0.29, 0.717) is 5.17 Å². The minimum absolute atomic E-state index is 0.118. The molecule has 1 aliphatic rings. The molecule has 0 aliphatic carbocycles. The number of esters is 1. The monoisotopic (exact) mass is 458 g/mol. The van der Waals surface area contributed by atoms with Gasteiger partial charge in [0.2, 0.25) is 0 Å². The Hall–Kier alpha value is -0.190. The molecule has 0 bridgehead atoms. The minimum atomic E-state index is -0.346. The SMILES string of the molecule is CC(I)C(=O)OCCOC(=S)NC1CC(C)(C)N(O)C(C)(C)C1. The number of ether oxygens (including phenoxy) is 2. The Bertz CT molecular complexity index is 425. The quantitative estimate of drug-likeness (QED) is 0.216. The van der Waals surface area contributed by atoms with Crippen LogP contribution < -0.4 is 5.32 Å². The zero-order valence-corrected chi connectivity index (χ0v) is 17.4. The average Bonchev–Trinajstić information content (AvgIpc) is 2.39. The summed E-state index contributed by atoms with van der Waals surface area (Å²) in [5.41, 5.74) is -0.692. The van der Waals surface area contributed by atoms with Gasteiger partial charge in [-0.1, -0.05) is 22.6 Å². The van der Waals surface area contributed by atoms with Crippen molar-refractivity contribution in [2.45, 2.75) is 68.5 Å². The second kappa shape index (κ2) is 8.26. The number of carbonyl (C=O) groups is 1. The van der Waals surface area contributed by atoms with Gasteiger partial charge in [-0.3, -0.25) is 4.79 Å². The Morgan fingerprint density at radius 1 is 1.30 bits per heavy atom. The number of hydrogen-bond acceptors (Lipinski definition) is 6. The van der Waals surface area contributed by atoms with Gasteiger partial charge in [0.25, 0.3) is 5.17 Å². The first-order valence-corrected chi connectivity index (χ1v) is 9.34. The molecular weight excluding hydrogens is 431 g/mol. The van der Waals surface area contributed by atoms with Crippen molar-refractivity contribution in [3.8, 4) is 0 Å². The van der Waals surface area contributed by atoms with Gasteiger partial charge >= 0.3 is 5.97 Å². The van der Waals surface area contributed by atoms with Gasteiger partial charge < -0.3 is 20.0 Å². The third-order valence-corrected chi connectivity index (χ3v) is 4.59. The number of piperidine rings is 1. The fraction of sp³-hybridized carbons (Fsp3) is 0.867. The summed E-state index contributed by atoms with van der Waals surface area (Å²) in [7, 11) is 0. The van der Waals surface area contributed by atoms with Crippen molar-refractivity contribution in [3.63, 3.8) is 0 Å². The lowest BCUT2D eigenvalue weighted by atomic mass is 9.79. The highest BCUT2D eigenvalue weighted by Gasteiger charge is 2.45. The first-order chi connectivity index (χ1) is 10.5. The van der Waals surface area contributed by atoms with Gasteiger partial charge in [0, 0.05) is 17.1 Å². The number of carbonyl (C=O) groups excluding carboxylic acids is 1. The summed E-state index contributed by atoms with van der Waals surface area (Å²) in [5.74, 6) is -0.258. The van der Waals surface area contributed by atoms with Crippen molar-refractivity contribution < 1.29 is 19.5 Å². The molecule has 0 radical (unpaired) electrons. The van der Waals surface area contributed by atoms with E-state index in [1.165, 1.54) is 5.06 Å². The lowest BCUT2D eigenvalue weighted by Gasteiger charge is -2.51. The zero-order valence-electron chi connectivity index (χ0n) is 14.4. The highest BCUT2D eigenvalue weighted by Crippen LogP contribution is 2.36. The molecule has 23 heavy (non-hydrogen) atoms. The fourth-order valence-electron chi connectivity index (χ4n) is 2.97. The van der Waals surface area contributed by atoms with Crippen LogP contribution in [0.15, 0.2) is 0 Å². The molecule has 0 aromatic heterocycles. The first-order valence-electron chi connectivity index (χ1n) is 7.69. The molecule has 0 aromatic carbocycles. The molecule has 0 amide bonds.